The number of pyridine rings is 1. The maximum absolute atomic E-state index is 6.92. The molecule has 0 bridgehead atoms. The molecule has 3 heterocycles. The van der Waals surface area contributed by atoms with Gasteiger partial charge in [0, 0.05) is 11.6 Å². The van der Waals surface area contributed by atoms with Crippen molar-refractivity contribution in [3.8, 4) is 33.9 Å². The van der Waals surface area contributed by atoms with Crippen LogP contribution in [0.15, 0.2) is 95.5 Å². The molecule has 1 aliphatic rings. The van der Waals surface area contributed by atoms with E-state index in [1.165, 1.54) is 33.4 Å². The van der Waals surface area contributed by atoms with Gasteiger partial charge in [0.15, 0.2) is 23.3 Å². The molecule has 41 heavy (non-hydrogen) atoms. The van der Waals surface area contributed by atoms with Crippen LogP contribution >= 0.6 is 0 Å². The number of furan rings is 1. The molecule has 4 aromatic carbocycles. The van der Waals surface area contributed by atoms with Crippen molar-refractivity contribution in [2.24, 2.45) is 7.05 Å². The van der Waals surface area contributed by atoms with Crippen LogP contribution in [-0.4, -0.2) is 0 Å². The average molecular weight is 538 g/mol. The van der Waals surface area contributed by atoms with E-state index in [1.807, 2.05) is 12.1 Å². The predicted molar refractivity (Wildman–Crippen MR) is 167 cm³/mol. The van der Waals surface area contributed by atoms with Gasteiger partial charge in [0.05, 0.1) is 22.3 Å². The number of para-hydroxylation sites is 2. The van der Waals surface area contributed by atoms with Crippen LogP contribution in [0.3, 0.4) is 0 Å². The van der Waals surface area contributed by atoms with Crippen molar-refractivity contribution in [3.05, 3.63) is 119 Å². The first-order valence-corrected chi connectivity index (χ1v) is 14.1. The van der Waals surface area contributed by atoms with Crippen molar-refractivity contribution in [2.75, 3.05) is 4.90 Å². The molecule has 0 spiro atoms. The molecule has 0 N–H and O–H groups in total. The molecule has 2 aromatic heterocycles. The number of nitrogens with zero attached hydrogens (tertiary/aromatic N) is 2. The summed E-state index contributed by atoms with van der Waals surface area (Å²) < 4.78 is 15.7. The van der Waals surface area contributed by atoms with E-state index < -0.39 is 0 Å². The Labute approximate surface area is 241 Å². The van der Waals surface area contributed by atoms with Crippen LogP contribution in [0.2, 0.25) is 0 Å². The van der Waals surface area contributed by atoms with E-state index in [1.54, 1.807) is 0 Å². The lowest BCUT2D eigenvalue weighted by molar-refractivity contribution is -0.660. The van der Waals surface area contributed by atoms with Gasteiger partial charge >= 0.3 is 0 Å². The number of ether oxygens (including phenoxy) is 1. The van der Waals surface area contributed by atoms with E-state index in [2.05, 4.69) is 130 Å². The molecule has 4 heteroatoms. The molecule has 0 amide bonds. The topological polar surface area (TPSA) is 29.5 Å². The Morgan fingerprint density at radius 2 is 1.37 bits per heavy atom. The summed E-state index contributed by atoms with van der Waals surface area (Å²) in [4.78, 5) is 2.24. The van der Waals surface area contributed by atoms with Crippen molar-refractivity contribution in [2.45, 2.75) is 34.6 Å². The number of benzene rings is 4. The zero-order valence-corrected chi connectivity index (χ0v) is 24.4. The van der Waals surface area contributed by atoms with Gasteiger partial charge in [-0.25, -0.2) is 4.57 Å². The standard InChI is InChI=1S/C37H33N2O2/c1-22-16-17-29-35(33(22)31-20-23(2)26(5)21-38(31)6)41-37-36(29)40-32-15-11-10-14-30(32)39(37)34-24(3)18-28(19-25(34)4)27-12-8-7-9-13-27/h7-21H,1-6H3/q+1. The van der Waals surface area contributed by atoms with Gasteiger partial charge < -0.3 is 9.15 Å². The first kappa shape index (κ1) is 25.2. The maximum atomic E-state index is 6.92. The predicted octanol–water partition coefficient (Wildman–Crippen LogP) is 9.71. The minimum absolute atomic E-state index is 0.704. The van der Waals surface area contributed by atoms with Gasteiger partial charge in [-0.05, 0) is 98.3 Å². The molecule has 0 fully saturated rings. The van der Waals surface area contributed by atoms with E-state index in [0.717, 1.165) is 50.7 Å². The fraction of sp³-hybridized carbons (Fsp3) is 0.162. The maximum Gasteiger partial charge on any atom is 0.249 e. The van der Waals surface area contributed by atoms with Crippen LogP contribution in [0.5, 0.6) is 11.5 Å². The summed E-state index contributed by atoms with van der Waals surface area (Å²) in [6, 6.07) is 29.8. The molecule has 6 aromatic rings. The van der Waals surface area contributed by atoms with Crippen molar-refractivity contribution >= 4 is 28.2 Å². The number of aromatic nitrogens is 1. The number of fused-ring (bicyclic) bond motifs is 4. The van der Waals surface area contributed by atoms with Crippen molar-refractivity contribution in [3.63, 3.8) is 0 Å². The highest BCUT2D eigenvalue weighted by molar-refractivity contribution is 6.03. The van der Waals surface area contributed by atoms with Crippen molar-refractivity contribution in [1.29, 1.82) is 0 Å². The van der Waals surface area contributed by atoms with Crippen molar-refractivity contribution in [1.82, 2.24) is 0 Å². The summed E-state index contributed by atoms with van der Waals surface area (Å²) in [6.45, 7) is 10.8. The zero-order chi connectivity index (χ0) is 28.4. The van der Waals surface area contributed by atoms with Crippen molar-refractivity contribution < 1.29 is 13.7 Å². The second kappa shape index (κ2) is 9.38. The first-order valence-electron chi connectivity index (χ1n) is 14.1. The molecule has 4 nitrogen and oxygen atoms in total. The van der Waals surface area contributed by atoms with E-state index in [4.69, 9.17) is 9.15 Å². The minimum Gasteiger partial charge on any atom is -0.449 e. The van der Waals surface area contributed by atoms with Gasteiger partial charge in [-0.15, -0.1) is 0 Å². The van der Waals surface area contributed by atoms with Crippen LogP contribution in [-0.2, 0) is 7.05 Å². The first-order chi connectivity index (χ1) is 19.8. The lowest BCUT2D eigenvalue weighted by Gasteiger charge is -2.31. The third-order valence-corrected chi connectivity index (χ3v) is 8.35. The Kier molecular flexibility index (Phi) is 5.75. The van der Waals surface area contributed by atoms with Crippen LogP contribution < -0.4 is 14.2 Å². The molecule has 7 rings (SSSR count). The highest BCUT2D eigenvalue weighted by atomic mass is 16.5. The van der Waals surface area contributed by atoms with Gasteiger partial charge in [0.1, 0.15) is 7.05 Å². The lowest BCUT2D eigenvalue weighted by atomic mass is 9.97. The molecule has 0 atom stereocenters. The number of aryl methyl sites for hydroxylation is 6. The summed E-state index contributed by atoms with van der Waals surface area (Å²) in [6.07, 6.45) is 2.19. The molecule has 0 saturated heterocycles. The molecule has 1 aliphatic heterocycles. The van der Waals surface area contributed by atoms with E-state index in [9.17, 15) is 0 Å². The van der Waals surface area contributed by atoms with Gasteiger partial charge in [0.25, 0.3) is 0 Å². The van der Waals surface area contributed by atoms with Crippen LogP contribution in [0.4, 0.5) is 17.3 Å². The summed E-state index contributed by atoms with van der Waals surface area (Å²) in [7, 11) is 2.10. The fourth-order valence-electron chi connectivity index (χ4n) is 6.19. The Bertz CT molecular complexity index is 1960. The van der Waals surface area contributed by atoms with Gasteiger partial charge in [-0.2, -0.15) is 0 Å². The summed E-state index contributed by atoms with van der Waals surface area (Å²) in [5, 5.41) is 0.967. The number of anilines is 3. The highest BCUT2D eigenvalue weighted by Crippen LogP contribution is 2.56. The van der Waals surface area contributed by atoms with Gasteiger partial charge in [-0.3, -0.25) is 4.90 Å². The van der Waals surface area contributed by atoms with Crippen LogP contribution in [0, 0.1) is 34.6 Å². The summed E-state index contributed by atoms with van der Waals surface area (Å²) in [5.41, 5.74) is 13.5. The second-order valence-electron chi connectivity index (χ2n) is 11.2. The number of rotatable bonds is 3. The van der Waals surface area contributed by atoms with Crippen LogP contribution in [0.25, 0.3) is 33.4 Å². The monoisotopic (exact) mass is 537 g/mol. The Hall–Kier alpha value is -4.83. The van der Waals surface area contributed by atoms with E-state index in [0.29, 0.717) is 5.88 Å². The second-order valence-corrected chi connectivity index (χ2v) is 11.2. The smallest absolute Gasteiger partial charge is 0.249 e. The van der Waals surface area contributed by atoms with Gasteiger partial charge in [-0.1, -0.05) is 48.5 Å². The normalized spacial score (nSPS) is 12.3. The van der Waals surface area contributed by atoms with Gasteiger partial charge in [0.2, 0.25) is 11.6 Å². The molecular weight excluding hydrogens is 504 g/mol. The van der Waals surface area contributed by atoms with E-state index in [-0.39, 0.29) is 0 Å². The molecule has 202 valence electrons. The minimum atomic E-state index is 0.704. The Balaban J connectivity index is 1.49. The van der Waals surface area contributed by atoms with Crippen LogP contribution in [0.1, 0.15) is 27.8 Å². The number of hydrogen-bond donors (Lipinski definition) is 0. The average Bonchev–Trinajstić information content (AvgIpc) is 3.33. The molecule has 0 aliphatic carbocycles. The molecular formula is C37H33N2O2+. The quantitative estimate of drug-likeness (QED) is 0.210. The SMILES string of the molecule is Cc1cc(-c2c(C)ccc3c4c(oc23)N(c2c(C)cc(-c3ccccc3)cc2C)c2ccccc2O4)[n+](C)cc1C. The Morgan fingerprint density at radius 1 is 0.659 bits per heavy atom. The third kappa shape index (κ3) is 3.93. The summed E-state index contributed by atoms with van der Waals surface area (Å²) in [5.74, 6) is 2.26. The summed E-state index contributed by atoms with van der Waals surface area (Å²) >= 11 is 0. The molecule has 0 saturated carbocycles. The number of hydrogen-bond acceptors (Lipinski definition) is 3. The highest BCUT2D eigenvalue weighted by Gasteiger charge is 2.35. The third-order valence-electron chi connectivity index (χ3n) is 8.35. The fourth-order valence-corrected chi connectivity index (χ4v) is 6.19. The lowest BCUT2D eigenvalue weighted by Crippen LogP contribution is -2.31. The largest absolute Gasteiger partial charge is 0.449 e. The molecule has 0 unspecified atom stereocenters. The Morgan fingerprint density at radius 3 is 2.12 bits per heavy atom. The zero-order valence-electron chi connectivity index (χ0n) is 24.4. The molecule has 0 radical (unpaired) electrons. The van der Waals surface area contributed by atoms with E-state index >= 15 is 0 Å².